The zero-order valence-corrected chi connectivity index (χ0v) is 12.3. The highest BCUT2D eigenvalue weighted by Gasteiger charge is 2.15. The fourth-order valence-electron chi connectivity index (χ4n) is 2.50. The first kappa shape index (κ1) is 13.4. The summed E-state index contributed by atoms with van der Waals surface area (Å²) >= 11 is 0. The summed E-state index contributed by atoms with van der Waals surface area (Å²) in [4.78, 5) is 12.6. The van der Waals surface area contributed by atoms with E-state index in [-0.39, 0.29) is 5.78 Å². The van der Waals surface area contributed by atoms with Gasteiger partial charge in [-0.1, -0.05) is 18.2 Å². The van der Waals surface area contributed by atoms with Crippen molar-refractivity contribution in [2.75, 3.05) is 7.11 Å². The number of rotatable bonds is 3. The van der Waals surface area contributed by atoms with Crippen molar-refractivity contribution >= 4 is 16.6 Å². The van der Waals surface area contributed by atoms with Crippen LogP contribution in [0.3, 0.4) is 0 Å². The van der Waals surface area contributed by atoms with Gasteiger partial charge in [-0.25, -0.2) is 0 Å². The van der Waals surface area contributed by atoms with Crippen LogP contribution in [0.1, 0.15) is 27.4 Å². The van der Waals surface area contributed by atoms with Crippen LogP contribution < -0.4 is 4.74 Å². The number of ether oxygens (including phenoxy) is 1. The van der Waals surface area contributed by atoms with Gasteiger partial charge >= 0.3 is 0 Å². The second-order valence-corrected chi connectivity index (χ2v) is 5.08. The number of carbonyl (C=O) groups excluding carboxylic acids is 1. The van der Waals surface area contributed by atoms with E-state index >= 15 is 0 Å². The topological polar surface area (TPSA) is 39.4 Å². The molecule has 1 heterocycles. The zero-order valence-electron chi connectivity index (χ0n) is 12.3. The highest BCUT2D eigenvalue weighted by Crippen LogP contribution is 2.24. The maximum Gasteiger partial charge on any atom is 0.196 e. The van der Waals surface area contributed by atoms with Crippen LogP contribution in [0.4, 0.5) is 0 Å². The molecule has 0 radical (unpaired) electrons. The molecule has 3 heteroatoms. The zero-order chi connectivity index (χ0) is 15.0. The molecular weight excluding hydrogens is 264 g/mol. The number of methoxy groups -OCH3 is 1. The van der Waals surface area contributed by atoms with E-state index in [9.17, 15) is 4.79 Å². The van der Waals surface area contributed by atoms with Crippen LogP contribution in [0.25, 0.3) is 10.8 Å². The smallest absolute Gasteiger partial charge is 0.196 e. The number of carbonyl (C=O) groups is 1. The van der Waals surface area contributed by atoms with Crippen molar-refractivity contribution in [1.29, 1.82) is 0 Å². The molecule has 106 valence electrons. The predicted molar refractivity (Wildman–Crippen MR) is 82.1 cm³/mol. The Morgan fingerprint density at radius 1 is 1.00 bits per heavy atom. The Morgan fingerprint density at radius 2 is 1.71 bits per heavy atom. The Labute approximate surface area is 123 Å². The molecule has 0 bridgehead atoms. The number of ketones is 1. The normalized spacial score (nSPS) is 10.8. The number of fused-ring (bicyclic) bond motifs is 1. The Balaban J connectivity index is 2.05. The van der Waals surface area contributed by atoms with Gasteiger partial charge in [0.05, 0.1) is 12.7 Å². The van der Waals surface area contributed by atoms with Crippen molar-refractivity contribution in [2.24, 2.45) is 0 Å². The largest absolute Gasteiger partial charge is 0.497 e. The third-order valence-electron chi connectivity index (χ3n) is 3.60. The monoisotopic (exact) mass is 280 g/mol. The maximum absolute atomic E-state index is 12.6. The minimum absolute atomic E-state index is 0.0120. The summed E-state index contributed by atoms with van der Waals surface area (Å²) in [6.07, 6.45) is 0. The summed E-state index contributed by atoms with van der Waals surface area (Å²) in [6, 6.07) is 13.3. The summed E-state index contributed by atoms with van der Waals surface area (Å²) in [5.41, 5.74) is 1.29. The standard InChI is InChI=1S/C18H16O3/c1-11-8-17(12(2)21-11)18(19)15-5-4-14-10-16(20-3)7-6-13(14)9-15/h4-10H,1-3H3. The first-order valence-corrected chi connectivity index (χ1v) is 6.78. The second kappa shape index (κ2) is 5.09. The van der Waals surface area contributed by atoms with E-state index in [1.807, 2.05) is 50.2 Å². The predicted octanol–water partition coefficient (Wildman–Crippen LogP) is 4.29. The van der Waals surface area contributed by atoms with E-state index in [1.54, 1.807) is 13.2 Å². The average molecular weight is 280 g/mol. The number of furan rings is 1. The Bertz CT molecular complexity index is 828. The van der Waals surface area contributed by atoms with Gasteiger partial charge in [-0.05, 0) is 48.9 Å². The van der Waals surface area contributed by atoms with Crippen LogP contribution in [0.2, 0.25) is 0 Å². The molecular formula is C18H16O3. The van der Waals surface area contributed by atoms with E-state index in [0.29, 0.717) is 16.9 Å². The average Bonchev–Trinajstić information content (AvgIpc) is 2.84. The molecule has 0 aliphatic heterocycles. The van der Waals surface area contributed by atoms with Gasteiger partial charge in [0.15, 0.2) is 5.78 Å². The lowest BCUT2D eigenvalue weighted by atomic mass is 10.00. The van der Waals surface area contributed by atoms with Gasteiger partial charge in [-0.2, -0.15) is 0 Å². The summed E-state index contributed by atoms with van der Waals surface area (Å²) in [7, 11) is 1.64. The van der Waals surface area contributed by atoms with Crippen molar-refractivity contribution in [1.82, 2.24) is 0 Å². The Hall–Kier alpha value is -2.55. The molecule has 0 aliphatic rings. The Kier molecular flexibility index (Phi) is 3.26. The van der Waals surface area contributed by atoms with Crippen molar-refractivity contribution in [3.63, 3.8) is 0 Å². The lowest BCUT2D eigenvalue weighted by Gasteiger charge is -2.05. The van der Waals surface area contributed by atoms with Gasteiger partial charge in [0, 0.05) is 5.56 Å². The third kappa shape index (κ3) is 2.42. The first-order valence-electron chi connectivity index (χ1n) is 6.78. The summed E-state index contributed by atoms with van der Waals surface area (Å²) < 4.78 is 10.6. The van der Waals surface area contributed by atoms with Crippen molar-refractivity contribution in [2.45, 2.75) is 13.8 Å². The summed E-state index contributed by atoms with van der Waals surface area (Å²) in [6.45, 7) is 3.66. The van der Waals surface area contributed by atoms with Crippen LogP contribution in [0.5, 0.6) is 5.75 Å². The molecule has 0 unspecified atom stereocenters. The van der Waals surface area contributed by atoms with E-state index in [2.05, 4.69) is 0 Å². The van der Waals surface area contributed by atoms with E-state index in [4.69, 9.17) is 9.15 Å². The minimum Gasteiger partial charge on any atom is -0.497 e. The number of aryl methyl sites for hydroxylation is 2. The number of hydrogen-bond donors (Lipinski definition) is 0. The lowest BCUT2D eigenvalue weighted by Crippen LogP contribution is -2.01. The molecule has 2 aromatic carbocycles. The van der Waals surface area contributed by atoms with Crippen LogP contribution in [0.15, 0.2) is 46.9 Å². The molecule has 0 saturated carbocycles. The van der Waals surface area contributed by atoms with Crippen molar-refractivity contribution < 1.29 is 13.9 Å². The molecule has 0 spiro atoms. The van der Waals surface area contributed by atoms with Crippen LogP contribution in [-0.2, 0) is 0 Å². The summed E-state index contributed by atoms with van der Waals surface area (Å²) in [5.74, 6) is 2.21. The molecule has 0 amide bonds. The molecule has 3 aromatic rings. The molecule has 0 aliphatic carbocycles. The quantitative estimate of drug-likeness (QED) is 0.672. The van der Waals surface area contributed by atoms with Gasteiger partial charge in [0.25, 0.3) is 0 Å². The maximum atomic E-state index is 12.6. The van der Waals surface area contributed by atoms with Gasteiger partial charge in [0.1, 0.15) is 17.3 Å². The fourth-order valence-corrected chi connectivity index (χ4v) is 2.50. The molecule has 0 fully saturated rings. The molecule has 0 N–H and O–H groups in total. The molecule has 0 atom stereocenters. The highest BCUT2D eigenvalue weighted by molar-refractivity contribution is 6.11. The molecule has 1 aromatic heterocycles. The molecule has 3 rings (SSSR count). The van der Waals surface area contributed by atoms with Gasteiger partial charge in [-0.15, -0.1) is 0 Å². The molecule has 0 saturated heterocycles. The van der Waals surface area contributed by atoms with Crippen LogP contribution >= 0.6 is 0 Å². The number of hydrogen-bond acceptors (Lipinski definition) is 3. The first-order chi connectivity index (χ1) is 10.1. The van der Waals surface area contributed by atoms with Crippen LogP contribution in [0, 0.1) is 13.8 Å². The van der Waals surface area contributed by atoms with Gasteiger partial charge in [-0.3, -0.25) is 4.79 Å². The van der Waals surface area contributed by atoms with Crippen molar-refractivity contribution in [3.8, 4) is 5.75 Å². The van der Waals surface area contributed by atoms with E-state index in [0.717, 1.165) is 22.3 Å². The minimum atomic E-state index is -0.0120. The Morgan fingerprint density at radius 3 is 2.38 bits per heavy atom. The molecule has 21 heavy (non-hydrogen) atoms. The third-order valence-corrected chi connectivity index (χ3v) is 3.60. The highest BCUT2D eigenvalue weighted by atomic mass is 16.5. The second-order valence-electron chi connectivity index (χ2n) is 5.08. The van der Waals surface area contributed by atoms with E-state index < -0.39 is 0 Å². The van der Waals surface area contributed by atoms with Gasteiger partial charge < -0.3 is 9.15 Å². The summed E-state index contributed by atoms with van der Waals surface area (Å²) in [5, 5.41) is 2.06. The lowest BCUT2D eigenvalue weighted by molar-refractivity contribution is 0.103. The van der Waals surface area contributed by atoms with Crippen LogP contribution in [-0.4, -0.2) is 12.9 Å². The SMILES string of the molecule is COc1ccc2cc(C(=O)c3cc(C)oc3C)ccc2c1. The molecule has 3 nitrogen and oxygen atoms in total. The number of benzene rings is 2. The fraction of sp³-hybridized carbons (Fsp3) is 0.167. The van der Waals surface area contributed by atoms with Gasteiger partial charge in [0.2, 0.25) is 0 Å². The van der Waals surface area contributed by atoms with E-state index in [1.165, 1.54) is 0 Å². The van der Waals surface area contributed by atoms with Crippen molar-refractivity contribution in [3.05, 3.63) is 65.1 Å².